The van der Waals surface area contributed by atoms with E-state index in [0.717, 1.165) is 6.54 Å². The van der Waals surface area contributed by atoms with E-state index in [2.05, 4.69) is 30.0 Å². The molecule has 0 bridgehead atoms. The topological polar surface area (TPSA) is 127 Å². The third kappa shape index (κ3) is 4.41. The van der Waals surface area contributed by atoms with Crippen LogP contribution in [0.1, 0.15) is 11.4 Å². The summed E-state index contributed by atoms with van der Waals surface area (Å²) < 4.78 is 94.4. The maximum Gasteiger partial charge on any atom is 0.291 e. The van der Waals surface area contributed by atoms with Crippen LogP contribution in [-0.2, 0) is 19.5 Å². The van der Waals surface area contributed by atoms with Crippen LogP contribution in [0.5, 0.6) is 0 Å². The summed E-state index contributed by atoms with van der Waals surface area (Å²) in [6, 6.07) is 1.42. The molecule has 6 heterocycles. The van der Waals surface area contributed by atoms with Gasteiger partial charge in [0.05, 0.1) is 38.2 Å². The van der Waals surface area contributed by atoms with Crippen molar-refractivity contribution in [2.45, 2.75) is 29.3 Å². The van der Waals surface area contributed by atoms with Gasteiger partial charge in [-0.1, -0.05) is 11.3 Å². The highest BCUT2D eigenvalue weighted by molar-refractivity contribution is 7.89. The zero-order valence-electron chi connectivity index (χ0n) is 19.6. The van der Waals surface area contributed by atoms with Crippen LogP contribution in [-0.4, -0.2) is 109 Å². The van der Waals surface area contributed by atoms with Gasteiger partial charge in [0.25, 0.3) is 12.9 Å². The van der Waals surface area contributed by atoms with Gasteiger partial charge in [-0.25, -0.2) is 26.0 Å². The number of morpholine rings is 1. The Balaban J connectivity index is 1.45. The molecule has 12 nitrogen and oxygen atoms in total. The van der Waals surface area contributed by atoms with Gasteiger partial charge in [0.2, 0.25) is 10.0 Å². The van der Waals surface area contributed by atoms with Crippen molar-refractivity contribution in [1.82, 2.24) is 34.4 Å². The van der Waals surface area contributed by atoms with Crippen LogP contribution in [0, 0.1) is 0 Å². The van der Waals surface area contributed by atoms with Crippen molar-refractivity contribution in [2.24, 2.45) is 0 Å². The highest BCUT2D eigenvalue weighted by Crippen LogP contribution is 2.34. The van der Waals surface area contributed by atoms with E-state index in [4.69, 9.17) is 9.47 Å². The first kappa shape index (κ1) is 25.8. The van der Waals surface area contributed by atoms with E-state index in [0.29, 0.717) is 49.9 Å². The molecule has 6 rings (SSSR count). The van der Waals surface area contributed by atoms with Gasteiger partial charge in [0, 0.05) is 32.4 Å². The largest absolute Gasteiger partial charge is 0.378 e. The number of nitrogens with zero attached hydrogens (tertiary/aromatic N) is 7. The average Bonchev–Trinajstić information content (AvgIpc) is 3.52. The molecule has 206 valence electrons. The van der Waals surface area contributed by atoms with Crippen LogP contribution in [0.3, 0.4) is 0 Å². The van der Waals surface area contributed by atoms with Crippen LogP contribution >= 0.6 is 11.3 Å². The Hall–Kier alpha value is -2.51. The summed E-state index contributed by atoms with van der Waals surface area (Å²) in [4.78, 5) is 3.89. The monoisotopic (exact) mass is 578 g/mol. The van der Waals surface area contributed by atoms with Crippen LogP contribution < -0.4 is 9.62 Å². The highest BCUT2D eigenvalue weighted by Gasteiger charge is 2.50. The number of ether oxygens (including phenoxy) is 2. The van der Waals surface area contributed by atoms with Crippen molar-refractivity contribution in [3.8, 4) is 10.8 Å². The summed E-state index contributed by atoms with van der Waals surface area (Å²) in [6.45, 7) is 2.70. The van der Waals surface area contributed by atoms with Gasteiger partial charge in [0.15, 0.2) is 21.5 Å². The minimum Gasteiger partial charge on any atom is -0.378 e. The van der Waals surface area contributed by atoms with Crippen molar-refractivity contribution in [3.63, 3.8) is 0 Å². The second-order valence-electron chi connectivity index (χ2n) is 9.29. The summed E-state index contributed by atoms with van der Waals surface area (Å²) >= 11 is 0.597. The average molecular weight is 579 g/mol. The van der Waals surface area contributed by atoms with E-state index in [1.807, 2.05) is 4.90 Å². The Morgan fingerprint density at radius 2 is 1.89 bits per heavy atom. The Morgan fingerprint density at radius 1 is 1.08 bits per heavy atom. The molecule has 0 radical (unpaired) electrons. The smallest absolute Gasteiger partial charge is 0.291 e. The molecule has 3 aromatic rings. The molecule has 1 atom stereocenters. The van der Waals surface area contributed by atoms with Gasteiger partial charge in [-0.2, -0.15) is 4.72 Å². The molecule has 3 aromatic heterocycles. The van der Waals surface area contributed by atoms with E-state index < -0.39 is 46.6 Å². The Bertz CT molecular complexity index is 1450. The van der Waals surface area contributed by atoms with Gasteiger partial charge in [-0.05, 0) is 6.07 Å². The Kier molecular flexibility index (Phi) is 6.50. The molecule has 0 spiro atoms. The van der Waals surface area contributed by atoms with Crippen molar-refractivity contribution in [1.29, 1.82) is 0 Å². The second-order valence-corrected chi connectivity index (χ2v) is 12.0. The first-order valence-electron chi connectivity index (χ1n) is 11.6. The number of nitrogens with one attached hydrogen (secondary N) is 1. The number of piperazine rings is 1. The second kappa shape index (κ2) is 9.60. The fourth-order valence-electron chi connectivity index (χ4n) is 4.73. The highest BCUT2D eigenvalue weighted by atomic mass is 32.2. The normalized spacial score (nSPS) is 22.3. The molecule has 3 aliphatic heterocycles. The number of anilines is 1. The predicted molar refractivity (Wildman–Crippen MR) is 125 cm³/mol. The van der Waals surface area contributed by atoms with E-state index >= 15 is 0 Å². The molecule has 0 saturated carbocycles. The summed E-state index contributed by atoms with van der Waals surface area (Å²) in [5.41, 5.74) is -1.39. The fourth-order valence-corrected chi connectivity index (χ4v) is 6.79. The lowest BCUT2D eigenvalue weighted by atomic mass is 10.0. The number of hydrogen-bond donors (Lipinski definition) is 1. The molecule has 38 heavy (non-hydrogen) atoms. The number of aromatic nitrogens is 5. The Labute approximate surface area is 217 Å². The molecule has 0 amide bonds. The molecule has 1 N–H and O–H groups in total. The molecule has 3 saturated heterocycles. The predicted octanol–water partition coefficient (Wildman–Crippen LogP) is 1.02. The van der Waals surface area contributed by atoms with E-state index in [1.54, 1.807) is 0 Å². The molecular formula is C20H22F4N8O4S2. The number of halogens is 4. The lowest BCUT2D eigenvalue weighted by molar-refractivity contribution is -0.134. The zero-order chi connectivity index (χ0) is 26.7. The third-order valence-corrected chi connectivity index (χ3v) is 9.29. The van der Waals surface area contributed by atoms with Crippen LogP contribution in [0.4, 0.5) is 23.2 Å². The van der Waals surface area contributed by atoms with Crippen molar-refractivity contribution in [3.05, 3.63) is 17.3 Å². The first-order valence-corrected chi connectivity index (χ1v) is 13.9. The Morgan fingerprint density at radius 3 is 2.58 bits per heavy atom. The van der Waals surface area contributed by atoms with Crippen molar-refractivity contribution < 1.29 is 35.5 Å². The van der Waals surface area contributed by atoms with Crippen molar-refractivity contribution >= 4 is 32.7 Å². The molecule has 0 aromatic carbocycles. The summed E-state index contributed by atoms with van der Waals surface area (Å²) in [6.07, 6.45) is -4.67. The zero-order valence-corrected chi connectivity index (χ0v) is 21.3. The summed E-state index contributed by atoms with van der Waals surface area (Å²) in [5.74, 6) is -0.00196. The number of rotatable bonds is 7. The van der Waals surface area contributed by atoms with Gasteiger partial charge in [-0.3, -0.25) is 9.30 Å². The number of alkyl halides is 4. The number of pyridine rings is 1. The number of fused-ring (bicyclic) bond motifs is 2. The number of sulfonamides is 1. The van der Waals surface area contributed by atoms with Gasteiger partial charge in [-0.15, -0.1) is 20.4 Å². The SMILES string of the molecule is O=S(=O)(NC1(C(F)F)COC1)c1cc(N2CCN3CCOC[C@H]3C2)c2nnc(-c3nnc(C(F)F)s3)n2c1. The first-order chi connectivity index (χ1) is 18.2. The lowest BCUT2D eigenvalue weighted by Gasteiger charge is -2.44. The summed E-state index contributed by atoms with van der Waals surface area (Å²) in [5, 5.41) is 15.0. The van der Waals surface area contributed by atoms with E-state index in [1.165, 1.54) is 16.7 Å². The maximum atomic E-state index is 13.7. The maximum absolute atomic E-state index is 13.7. The van der Waals surface area contributed by atoms with Gasteiger partial charge < -0.3 is 14.4 Å². The molecule has 0 unspecified atom stereocenters. The molecular weight excluding hydrogens is 556 g/mol. The summed E-state index contributed by atoms with van der Waals surface area (Å²) in [7, 11) is -4.49. The van der Waals surface area contributed by atoms with E-state index in [9.17, 15) is 26.0 Å². The van der Waals surface area contributed by atoms with E-state index in [-0.39, 0.29) is 27.4 Å². The minimum absolute atomic E-state index is 0.00196. The van der Waals surface area contributed by atoms with Crippen LogP contribution in [0.15, 0.2) is 17.2 Å². The molecule has 18 heteroatoms. The van der Waals surface area contributed by atoms with Crippen molar-refractivity contribution in [2.75, 3.05) is 57.5 Å². The quantitative estimate of drug-likeness (QED) is 0.406. The number of hydrogen-bond acceptors (Lipinski definition) is 11. The lowest BCUT2D eigenvalue weighted by Crippen LogP contribution is -2.66. The fraction of sp³-hybridized carbons (Fsp3) is 0.600. The third-order valence-electron chi connectivity index (χ3n) is 6.84. The van der Waals surface area contributed by atoms with Crippen LogP contribution in [0.25, 0.3) is 16.5 Å². The molecule has 3 aliphatic rings. The van der Waals surface area contributed by atoms with Crippen LogP contribution in [0.2, 0.25) is 0 Å². The van der Waals surface area contributed by atoms with Gasteiger partial charge in [0.1, 0.15) is 10.4 Å². The standard InChI is InChI=1S/C20H22F4N8O4S2/c21-14(22)17-27-28-18(37-17)16-26-25-15-13(31-2-1-30-3-4-35-8-11(30)6-31)5-12(7-32(15)16)38(33,34)29-20(19(23)24)9-36-10-20/h5,7,11,14,19,29H,1-4,6,8-10H2/t11-/m1/s1. The minimum atomic E-state index is -4.49. The molecule has 0 aliphatic carbocycles. The van der Waals surface area contributed by atoms with Gasteiger partial charge >= 0.3 is 0 Å². The molecule has 3 fully saturated rings.